The van der Waals surface area contributed by atoms with Gasteiger partial charge in [-0.15, -0.1) is 0 Å². The maximum absolute atomic E-state index is 13.0. The molecule has 0 atom stereocenters. The first-order valence-electron chi connectivity index (χ1n) is 6.23. The predicted octanol–water partition coefficient (Wildman–Crippen LogP) is 3.83. The first kappa shape index (κ1) is 15.7. The lowest BCUT2D eigenvalue weighted by Gasteiger charge is -2.07. The molecule has 0 bridgehead atoms. The Kier molecular flexibility index (Phi) is 4.91. The van der Waals surface area contributed by atoms with E-state index in [-0.39, 0.29) is 11.3 Å². The lowest BCUT2D eigenvalue weighted by molar-refractivity contribution is -0.111. The molecule has 0 unspecified atom stereocenters. The van der Waals surface area contributed by atoms with Gasteiger partial charge in [-0.1, -0.05) is 23.7 Å². The van der Waals surface area contributed by atoms with Crippen molar-refractivity contribution in [2.75, 3.05) is 5.32 Å². The fourth-order valence-corrected chi connectivity index (χ4v) is 1.94. The highest BCUT2D eigenvalue weighted by molar-refractivity contribution is 6.31. The average Bonchev–Trinajstić information content (AvgIpc) is 2.45. The summed E-state index contributed by atoms with van der Waals surface area (Å²) in [5.74, 6) is -2.14. The molecule has 0 aliphatic carbocycles. The van der Waals surface area contributed by atoms with Crippen molar-refractivity contribution in [3.05, 3.63) is 70.5 Å². The second kappa shape index (κ2) is 6.87. The number of nitrogens with one attached hydrogen (secondary N) is 1. The number of aromatic carboxylic acids is 1. The Labute approximate surface area is 130 Å². The molecule has 0 saturated heterocycles. The average molecular weight is 320 g/mol. The minimum absolute atomic E-state index is 0.0723. The molecule has 0 heterocycles. The lowest BCUT2D eigenvalue weighted by atomic mass is 10.1. The number of anilines is 1. The van der Waals surface area contributed by atoms with Crippen LogP contribution in [0.25, 0.3) is 6.08 Å². The Hall–Kier alpha value is -2.66. The van der Waals surface area contributed by atoms with Gasteiger partial charge in [0.25, 0.3) is 0 Å². The highest BCUT2D eigenvalue weighted by Gasteiger charge is 2.11. The van der Waals surface area contributed by atoms with Crippen LogP contribution in [0.4, 0.5) is 10.1 Å². The number of carboxylic acid groups (broad SMARTS) is 1. The van der Waals surface area contributed by atoms with Gasteiger partial charge in [0.05, 0.1) is 11.3 Å². The van der Waals surface area contributed by atoms with Crippen molar-refractivity contribution in [1.82, 2.24) is 0 Å². The van der Waals surface area contributed by atoms with Gasteiger partial charge >= 0.3 is 5.97 Å². The molecule has 4 nitrogen and oxygen atoms in total. The topological polar surface area (TPSA) is 66.4 Å². The minimum atomic E-state index is -1.18. The first-order chi connectivity index (χ1) is 10.5. The summed E-state index contributed by atoms with van der Waals surface area (Å²) in [5, 5.41) is 11.8. The fraction of sp³-hybridized carbons (Fsp3) is 0. The molecular formula is C16H11ClFNO3. The molecule has 0 fully saturated rings. The van der Waals surface area contributed by atoms with Gasteiger partial charge in [0.15, 0.2) is 0 Å². The van der Waals surface area contributed by atoms with Crippen molar-refractivity contribution in [2.45, 2.75) is 0 Å². The summed E-state index contributed by atoms with van der Waals surface area (Å²) in [6.07, 6.45) is 2.60. The van der Waals surface area contributed by atoms with E-state index in [2.05, 4.69) is 5.32 Å². The number of hydrogen-bond acceptors (Lipinski definition) is 2. The molecule has 2 aromatic rings. The van der Waals surface area contributed by atoms with E-state index < -0.39 is 17.7 Å². The van der Waals surface area contributed by atoms with Crippen molar-refractivity contribution >= 4 is 35.2 Å². The minimum Gasteiger partial charge on any atom is -0.478 e. The molecule has 2 aromatic carbocycles. The van der Waals surface area contributed by atoms with Crippen molar-refractivity contribution < 1.29 is 19.1 Å². The molecule has 0 radical (unpaired) electrons. The van der Waals surface area contributed by atoms with E-state index in [0.29, 0.717) is 10.6 Å². The number of halogens is 2. The number of carboxylic acids is 1. The highest BCUT2D eigenvalue weighted by atomic mass is 35.5. The van der Waals surface area contributed by atoms with Gasteiger partial charge in [-0.2, -0.15) is 0 Å². The summed E-state index contributed by atoms with van der Waals surface area (Å²) in [7, 11) is 0. The quantitative estimate of drug-likeness (QED) is 0.842. The fourth-order valence-electron chi connectivity index (χ4n) is 1.76. The van der Waals surface area contributed by atoms with E-state index in [1.807, 2.05) is 0 Å². The zero-order chi connectivity index (χ0) is 16.1. The van der Waals surface area contributed by atoms with Crippen LogP contribution in [0.5, 0.6) is 0 Å². The Morgan fingerprint density at radius 2 is 1.95 bits per heavy atom. The number of rotatable bonds is 4. The molecule has 6 heteroatoms. The van der Waals surface area contributed by atoms with Crippen LogP contribution in [-0.4, -0.2) is 17.0 Å². The van der Waals surface area contributed by atoms with Gasteiger partial charge in [0.1, 0.15) is 5.82 Å². The van der Waals surface area contributed by atoms with Crippen LogP contribution in [0.1, 0.15) is 15.9 Å². The van der Waals surface area contributed by atoms with Crippen molar-refractivity contribution in [3.63, 3.8) is 0 Å². The van der Waals surface area contributed by atoms with Crippen molar-refractivity contribution in [1.29, 1.82) is 0 Å². The number of amides is 1. The SMILES string of the molecule is O=C(/C=C/c1cccc(F)c1)Nc1cc(Cl)ccc1C(=O)O. The molecule has 112 valence electrons. The van der Waals surface area contributed by atoms with E-state index in [0.717, 1.165) is 0 Å². The zero-order valence-electron chi connectivity index (χ0n) is 11.2. The summed E-state index contributed by atoms with van der Waals surface area (Å²) < 4.78 is 13.0. The van der Waals surface area contributed by atoms with Gasteiger partial charge in [-0.25, -0.2) is 9.18 Å². The Balaban J connectivity index is 2.15. The van der Waals surface area contributed by atoms with Gasteiger partial charge in [-0.05, 0) is 42.0 Å². The van der Waals surface area contributed by atoms with E-state index in [4.69, 9.17) is 16.7 Å². The number of carbonyl (C=O) groups is 2. The molecule has 0 aliphatic heterocycles. The summed E-state index contributed by atoms with van der Waals surface area (Å²) in [5.41, 5.74) is 0.533. The van der Waals surface area contributed by atoms with E-state index in [1.165, 1.54) is 48.6 Å². The van der Waals surface area contributed by atoms with Crippen LogP contribution in [0.15, 0.2) is 48.5 Å². The van der Waals surface area contributed by atoms with E-state index in [1.54, 1.807) is 6.07 Å². The van der Waals surface area contributed by atoms with Crippen LogP contribution in [-0.2, 0) is 4.79 Å². The molecule has 0 spiro atoms. The van der Waals surface area contributed by atoms with Crippen LogP contribution >= 0.6 is 11.6 Å². The van der Waals surface area contributed by atoms with Gasteiger partial charge in [0.2, 0.25) is 5.91 Å². The Morgan fingerprint density at radius 1 is 1.18 bits per heavy atom. The molecule has 2 N–H and O–H groups in total. The Morgan fingerprint density at radius 3 is 2.64 bits per heavy atom. The van der Waals surface area contributed by atoms with Crippen molar-refractivity contribution in [3.8, 4) is 0 Å². The normalized spacial score (nSPS) is 10.6. The van der Waals surface area contributed by atoms with Crippen LogP contribution in [0.2, 0.25) is 5.02 Å². The largest absolute Gasteiger partial charge is 0.478 e. The van der Waals surface area contributed by atoms with Crippen LogP contribution in [0.3, 0.4) is 0 Å². The van der Waals surface area contributed by atoms with E-state index in [9.17, 15) is 14.0 Å². The maximum Gasteiger partial charge on any atom is 0.337 e. The van der Waals surface area contributed by atoms with E-state index >= 15 is 0 Å². The summed E-state index contributed by atoms with van der Waals surface area (Å²) >= 11 is 5.79. The van der Waals surface area contributed by atoms with Crippen LogP contribution in [0, 0.1) is 5.82 Å². The van der Waals surface area contributed by atoms with Crippen molar-refractivity contribution in [2.24, 2.45) is 0 Å². The summed E-state index contributed by atoms with van der Waals surface area (Å²) in [6, 6.07) is 9.79. The molecule has 0 aliphatic rings. The monoisotopic (exact) mass is 319 g/mol. The van der Waals surface area contributed by atoms with Crippen LogP contribution < -0.4 is 5.32 Å². The number of carbonyl (C=O) groups excluding carboxylic acids is 1. The standard InChI is InChI=1S/C16H11ClFNO3/c17-11-5-6-13(16(21)22)14(9-11)19-15(20)7-4-10-2-1-3-12(18)8-10/h1-9H,(H,19,20)(H,21,22)/b7-4+. The second-order valence-corrected chi connectivity index (χ2v) is 4.81. The molecule has 22 heavy (non-hydrogen) atoms. The maximum atomic E-state index is 13.0. The molecule has 0 saturated carbocycles. The third-order valence-corrected chi connectivity index (χ3v) is 2.98. The second-order valence-electron chi connectivity index (χ2n) is 4.37. The lowest BCUT2D eigenvalue weighted by Crippen LogP contribution is -2.12. The van der Waals surface area contributed by atoms with Gasteiger partial charge in [0, 0.05) is 11.1 Å². The molecule has 0 aromatic heterocycles. The third kappa shape index (κ3) is 4.17. The summed E-state index contributed by atoms with van der Waals surface area (Å²) in [6.45, 7) is 0. The molecule has 1 amide bonds. The summed E-state index contributed by atoms with van der Waals surface area (Å²) in [4.78, 5) is 22.9. The van der Waals surface area contributed by atoms with Gasteiger partial charge < -0.3 is 10.4 Å². The highest BCUT2D eigenvalue weighted by Crippen LogP contribution is 2.21. The Bertz CT molecular complexity index is 759. The third-order valence-electron chi connectivity index (χ3n) is 2.75. The molecular weight excluding hydrogens is 309 g/mol. The smallest absolute Gasteiger partial charge is 0.337 e. The first-order valence-corrected chi connectivity index (χ1v) is 6.61. The zero-order valence-corrected chi connectivity index (χ0v) is 12.0. The molecule has 2 rings (SSSR count). The number of hydrogen-bond donors (Lipinski definition) is 2. The predicted molar refractivity (Wildman–Crippen MR) is 82.5 cm³/mol. The van der Waals surface area contributed by atoms with Gasteiger partial charge in [-0.3, -0.25) is 4.79 Å². The number of benzene rings is 2.